The van der Waals surface area contributed by atoms with Crippen LogP contribution in [0.15, 0.2) is 33.7 Å². The molecule has 0 atom stereocenters. The molecule has 0 spiro atoms. The molecule has 0 aliphatic rings. The molecule has 27 heavy (non-hydrogen) atoms. The number of guanidine groups is 1. The molecule has 0 unspecified atom stereocenters. The van der Waals surface area contributed by atoms with Gasteiger partial charge in [0.05, 0.1) is 5.69 Å². The number of carbonyl (C=O) groups is 1. The van der Waals surface area contributed by atoms with E-state index < -0.39 is 0 Å². The summed E-state index contributed by atoms with van der Waals surface area (Å²) in [6, 6.07) is 6.77. The Morgan fingerprint density at radius 1 is 1.15 bits per heavy atom. The van der Waals surface area contributed by atoms with Gasteiger partial charge in [-0.15, -0.1) is 24.0 Å². The van der Waals surface area contributed by atoms with Crippen LogP contribution in [-0.4, -0.2) is 36.5 Å². The number of amides is 1. The summed E-state index contributed by atoms with van der Waals surface area (Å²) in [7, 11) is 0. The van der Waals surface area contributed by atoms with Gasteiger partial charge < -0.3 is 20.4 Å². The maximum Gasteiger partial charge on any atom is 0.251 e. The first-order chi connectivity index (χ1) is 12.5. The maximum absolute atomic E-state index is 12.0. The van der Waals surface area contributed by atoms with Crippen molar-refractivity contribution in [3.63, 3.8) is 0 Å². The van der Waals surface area contributed by atoms with E-state index in [1.54, 1.807) is 24.3 Å². The molecule has 2 aromatic rings. The van der Waals surface area contributed by atoms with Crippen LogP contribution in [-0.2, 0) is 6.54 Å². The summed E-state index contributed by atoms with van der Waals surface area (Å²) >= 11 is 5.82. The van der Waals surface area contributed by atoms with Crippen molar-refractivity contribution in [2.45, 2.75) is 27.3 Å². The number of hydrogen-bond acceptors (Lipinski definition) is 4. The van der Waals surface area contributed by atoms with Crippen LogP contribution < -0.4 is 16.0 Å². The zero-order chi connectivity index (χ0) is 18.9. The van der Waals surface area contributed by atoms with Crippen LogP contribution in [0.25, 0.3) is 0 Å². The first kappa shape index (κ1) is 23.2. The zero-order valence-electron chi connectivity index (χ0n) is 15.6. The summed E-state index contributed by atoms with van der Waals surface area (Å²) in [5, 5.41) is 9.75. The summed E-state index contributed by atoms with van der Waals surface area (Å²) in [4.78, 5) is 20.8. The highest BCUT2D eigenvalue weighted by molar-refractivity contribution is 14.0. The van der Waals surface area contributed by atoms with Gasteiger partial charge in [0.15, 0.2) is 5.96 Å². The maximum atomic E-state index is 12.0. The summed E-state index contributed by atoms with van der Waals surface area (Å²) in [5.41, 5.74) is 1.45. The third-order valence-corrected chi connectivity index (χ3v) is 3.85. The number of aryl methyl sites for hydroxylation is 2. The average Bonchev–Trinajstić information content (AvgIpc) is 2.94. The Balaban J connectivity index is 0.00000364. The second kappa shape index (κ2) is 11.8. The van der Waals surface area contributed by atoms with E-state index in [0.717, 1.165) is 18.0 Å². The minimum Gasteiger partial charge on any atom is -0.444 e. The predicted octanol–water partition coefficient (Wildman–Crippen LogP) is 3.05. The Bertz CT molecular complexity index is 742. The van der Waals surface area contributed by atoms with E-state index in [1.165, 1.54) is 0 Å². The summed E-state index contributed by atoms with van der Waals surface area (Å²) < 4.78 is 5.52. The van der Waals surface area contributed by atoms with Crippen molar-refractivity contribution in [2.75, 3.05) is 19.6 Å². The number of oxazole rings is 1. The number of carbonyl (C=O) groups excluding carboxylic acids is 1. The largest absolute Gasteiger partial charge is 0.444 e. The number of halogens is 2. The van der Waals surface area contributed by atoms with E-state index in [1.807, 2.05) is 20.8 Å². The van der Waals surface area contributed by atoms with Crippen molar-refractivity contribution in [3.05, 3.63) is 52.2 Å². The summed E-state index contributed by atoms with van der Waals surface area (Å²) in [5.74, 6) is 1.88. The minimum absolute atomic E-state index is 0. The minimum atomic E-state index is -0.142. The highest BCUT2D eigenvalue weighted by Gasteiger charge is 2.06. The molecule has 0 aliphatic heterocycles. The second-order valence-corrected chi connectivity index (χ2v) is 6.07. The van der Waals surface area contributed by atoms with Crippen LogP contribution in [0.4, 0.5) is 0 Å². The van der Waals surface area contributed by atoms with Gasteiger partial charge in [-0.3, -0.25) is 4.79 Å². The second-order valence-electron chi connectivity index (χ2n) is 5.63. The SMILES string of the molecule is CCNC(=NCc1nc(C)c(C)o1)NCCNC(=O)c1ccc(Cl)cc1.I. The predicted molar refractivity (Wildman–Crippen MR) is 118 cm³/mol. The van der Waals surface area contributed by atoms with Gasteiger partial charge in [-0.2, -0.15) is 0 Å². The van der Waals surface area contributed by atoms with Crippen LogP contribution >= 0.6 is 35.6 Å². The van der Waals surface area contributed by atoms with Crippen LogP contribution in [0.5, 0.6) is 0 Å². The van der Waals surface area contributed by atoms with Crippen LogP contribution in [0.2, 0.25) is 5.02 Å². The van der Waals surface area contributed by atoms with Crippen molar-refractivity contribution in [3.8, 4) is 0 Å². The number of benzene rings is 1. The summed E-state index contributed by atoms with van der Waals surface area (Å²) in [6.45, 7) is 7.84. The lowest BCUT2D eigenvalue weighted by Crippen LogP contribution is -2.41. The van der Waals surface area contributed by atoms with E-state index >= 15 is 0 Å². The van der Waals surface area contributed by atoms with Crippen molar-refractivity contribution in [1.82, 2.24) is 20.9 Å². The van der Waals surface area contributed by atoms with Crippen molar-refractivity contribution >= 4 is 47.4 Å². The third kappa shape index (κ3) is 7.76. The monoisotopic (exact) mass is 505 g/mol. The van der Waals surface area contributed by atoms with E-state index in [4.69, 9.17) is 16.0 Å². The van der Waals surface area contributed by atoms with Crippen LogP contribution in [0.1, 0.15) is 34.6 Å². The molecule has 9 heteroatoms. The standard InChI is InChI=1S/C18H24ClN5O2.HI/c1-4-20-18(23-11-16-24-12(2)13(3)26-16)22-10-9-21-17(25)14-5-7-15(19)8-6-14;/h5-8H,4,9-11H2,1-3H3,(H,21,25)(H2,20,22,23);1H. The van der Waals surface area contributed by atoms with E-state index in [9.17, 15) is 4.79 Å². The van der Waals surface area contributed by atoms with Gasteiger partial charge in [-0.25, -0.2) is 9.98 Å². The molecule has 2 rings (SSSR count). The molecule has 7 nitrogen and oxygen atoms in total. The number of aromatic nitrogens is 1. The van der Waals surface area contributed by atoms with Gasteiger partial charge in [0.2, 0.25) is 5.89 Å². The smallest absolute Gasteiger partial charge is 0.251 e. The Labute approximate surface area is 181 Å². The normalized spacial score (nSPS) is 10.9. The van der Waals surface area contributed by atoms with Gasteiger partial charge in [-0.05, 0) is 45.0 Å². The van der Waals surface area contributed by atoms with Gasteiger partial charge in [-0.1, -0.05) is 11.6 Å². The molecule has 1 aromatic carbocycles. The van der Waals surface area contributed by atoms with Crippen LogP contribution in [0.3, 0.4) is 0 Å². The molecule has 0 bridgehead atoms. The van der Waals surface area contributed by atoms with Crippen molar-refractivity contribution < 1.29 is 9.21 Å². The summed E-state index contributed by atoms with van der Waals surface area (Å²) in [6.07, 6.45) is 0. The Morgan fingerprint density at radius 2 is 1.81 bits per heavy atom. The molecule has 0 radical (unpaired) electrons. The first-order valence-corrected chi connectivity index (χ1v) is 8.86. The van der Waals surface area contributed by atoms with Gasteiger partial charge in [0, 0.05) is 30.2 Å². The van der Waals surface area contributed by atoms with Crippen LogP contribution in [0, 0.1) is 13.8 Å². The number of aliphatic imine (C=N–C) groups is 1. The molecule has 1 aromatic heterocycles. The lowest BCUT2D eigenvalue weighted by molar-refractivity contribution is 0.0954. The molecule has 1 heterocycles. The topological polar surface area (TPSA) is 91.6 Å². The van der Waals surface area contributed by atoms with Gasteiger partial charge >= 0.3 is 0 Å². The highest BCUT2D eigenvalue weighted by Crippen LogP contribution is 2.09. The molecule has 3 N–H and O–H groups in total. The van der Waals surface area contributed by atoms with Crippen molar-refractivity contribution in [1.29, 1.82) is 0 Å². The number of hydrogen-bond donors (Lipinski definition) is 3. The Morgan fingerprint density at radius 3 is 2.41 bits per heavy atom. The molecule has 0 saturated heterocycles. The Hall–Kier alpha value is -1.81. The van der Waals surface area contributed by atoms with E-state index in [-0.39, 0.29) is 29.9 Å². The molecule has 0 saturated carbocycles. The van der Waals surface area contributed by atoms with E-state index in [0.29, 0.717) is 42.1 Å². The molecule has 1 amide bonds. The lowest BCUT2D eigenvalue weighted by Gasteiger charge is -2.11. The fraction of sp³-hybridized carbons (Fsp3) is 0.389. The zero-order valence-corrected chi connectivity index (χ0v) is 18.7. The Kier molecular flexibility index (Phi) is 10.2. The molecule has 148 valence electrons. The number of nitrogens with one attached hydrogen (secondary N) is 3. The van der Waals surface area contributed by atoms with Crippen molar-refractivity contribution in [2.24, 2.45) is 4.99 Å². The molecular formula is C18H25ClIN5O2. The van der Waals surface area contributed by atoms with Gasteiger partial charge in [0.25, 0.3) is 5.91 Å². The average molecular weight is 506 g/mol. The lowest BCUT2D eigenvalue weighted by atomic mass is 10.2. The molecular weight excluding hydrogens is 481 g/mol. The third-order valence-electron chi connectivity index (χ3n) is 3.60. The number of nitrogens with zero attached hydrogens (tertiary/aromatic N) is 2. The molecule has 0 fully saturated rings. The molecule has 0 aliphatic carbocycles. The fourth-order valence-electron chi connectivity index (χ4n) is 2.16. The number of rotatable bonds is 7. The van der Waals surface area contributed by atoms with E-state index in [2.05, 4.69) is 25.9 Å². The first-order valence-electron chi connectivity index (χ1n) is 8.48. The fourth-order valence-corrected chi connectivity index (χ4v) is 2.28. The van der Waals surface area contributed by atoms with Gasteiger partial charge in [0.1, 0.15) is 12.3 Å². The highest BCUT2D eigenvalue weighted by atomic mass is 127. The quantitative estimate of drug-likeness (QED) is 0.233.